The van der Waals surface area contributed by atoms with Gasteiger partial charge in [-0.3, -0.25) is 4.79 Å². The Labute approximate surface area is 92.7 Å². The summed E-state index contributed by atoms with van der Waals surface area (Å²) >= 11 is 0. The molecule has 2 N–H and O–H groups in total. The zero-order valence-corrected chi connectivity index (χ0v) is 10.1. The number of rotatable bonds is 8. The minimum Gasteiger partial charge on any atom is -0.396 e. The molecule has 0 saturated heterocycles. The van der Waals surface area contributed by atoms with Crippen molar-refractivity contribution in [2.24, 2.45) is 0 Å². The van der Waals surface area contributed by atoms with E-state index in [2.05, 4.69) is 5.32 Å². The first-order valence-electron chi connectivity index (χ1n) is 5.68. The molecule has 15 heavy (non-hydrogen) atoms. The van der Waals surface area contributed by atoms with Crippen molar-refractivity contribution < 1.29 is 9.90 Å². The van der Waals surface area contributed by atoms with Crippen molar-refractivity contribution >= 4 is 5.91 Å². The highest BCUT2D eigenvalue weighted by molar-refractivity contribution is 5.76. The third-order valence-electron chi connectivity index (χ3n) is 2.32. The third kappa shape index (κ3) is 6.47. The Morgan fingerprint density at radius 2 is 2.07 bits per heavy atom. The van der Waals surface area contributed by atoms with E-state index >= 15 is 0 Å². The highest BCUT2D eigenvalue weighted by atomic mass is 16.3. The first-order valence-corrected chi connectivity index (χ1v) is 5.68. The molecule has 0 aliphatic heterocycles. The van der Waals surface area contributed by atoms with E-state index < -0.39 is 0 Å². The van der Waals surface area contributed by atoms with Gasteiger partial charge in [0.05, 0.1) is 0 Å². The van der Waals surface area contributed by atoms with Crippen LogP contribution in [0.1, 0.15) is 33.1 Å². The smallest absolute Gasteiger partial charge is 0.222 e. The predicted octanol–water partition coefficient (Wildman–Crippen LogP) is 0.605. The van der Waals surface area contributed by atoms with E-state index in [0.29, 0.717) is 19.4 Å². The lowest BCUT2D eigenvalue weighted by Gasteiger charge is -2.26. The molecule has 0 saturated carbocycles. The molecular weight excluding hydrogens is 192 g/mol. The monoisotopic (exact) mass is 216 g/mol. The Kier molecular flexibility index (Phi) is 8.33. The van der Waals surface area contributed by atoms with E-state index in [-0.39, 0.29) is 18.6 Å². The van der Waals surface area contributed by atoms with Crippen LogP contribution in [0.15, 0.2) is 0 Å². The van der Waals surface area contributed by atoms with Crippen molar-refractivity contribution in [1.29, 1.82) is 0 Å². The zero-order chi connectivity index (χ0) is 11.7. The average molecular weight is 216 g/mol. The van der Waals surface area contributed by atoms with Gasteiger partial charge in [-0.05, 0) is 40.3 Å². The molecule has 4 heteroatoms. The normalized spacial score (nSPS) is 10.7. The Morgan fingerprint density at radius 3 is 2.53 bits per heavy atom. The van der Waals surface area contributed by atoms with Gasteiger partial charge < -0.3 is 15.3 Å². The van der Waals surface area contributed by atoms with Gasteiger partial charge in [0, 0.05) is 25.6 Å². The fraction of sp³-hybridized carbons (Fsp3) is 0.909. The van der Waals surface area contributed by atoms with Crippen LogP contribution in [-0.4, -0.2) is 48.7 Å². The number of hydrogen-bond donors (Lipinski definition) is 2. The number of carbonyl (C=O) groups is 1. The summed E-state index contributed by atoms with van der Waals surface area (Å²) in [7, 11) is 1.89. The Balaban J connectivity index is 3.93. The summed E-state index contributed by atoms with van der Waals surface area (Å²) in [5.41, 5.74) is 0. The minimum absolute atomic E-state index is 0.146. The number of nitrogens with one attached hydrogen (secondary N) is 1. The average Bonchev–Trinajstić information content (AvgIpc) is 2.18. The molecule has 0 aromatic heterocycles. The van der Waals surface area contributed by atoms with Crippen molar-refractivity contribution in [2.75, 3.05) is 26.7 Å². The summed E-state index contributed by atoms with van der Waals surface area (Å²) in [5, 5.41) is 11.8. The number of carbonyl (C=O) groups excluding carboxylic acids is 1. The molecule has 0 atom stereocenters. The van der Waals surface area contributed by atoms with Gasteiger partial charge in [0.2, 0.25) is 5.91 Å². The highest BCUT2D eigenvalue weighted by Gasteiger charge is 2.15. The molecule has 0 aliphatic carbocycles. The van der Waals surface area contributed by atoms with E-state index in [1.54, 1.807) is 0 Å². The van der Waals surface area contributed by atoms with E-state index in [9.17, 15) is 4.79 Å². The van der Waals surface area contributed by atoms with Crippen molar-refractivity contribution in [2.45, 2.75) is 39.2 Å². The van der Waals surface area contributed by atoms with Gasteiger partial charge in [-0.15, -0.1) is 0 Å². The number of aliphatic hydroxyl groups is 1. The topological polar surface area (TPSA) is 52.6 Å². The second-order valence-corrected chi connectivity index (χ2v) is 3.97. The van der Waals surface area contributed by atoms with Crippen LogP contribution in [0.3, 0.4) is 0 Å². The first kappa shape index (κ1) is 14.4. The molecule has 0 bridgehead atoms. The summed E-state index contributed by atoms with van der Waals surface area (Å²) in [6, 6.07) is 0.221. The number of aliphatic hydroxyl groups excluding tert-OH is 1. The molecule has 0 fully saturated rings. The van der Waals surface area contributed by atoms with Crippen LogP contribution >= 0.6 is 0 Å². The van der Waals surface area contributed by atoms with Gasteiger partial charge in [-0.2, -0.15) is 0 Å². The van der Waals surface area contributed by atoms with Gasteiger partial charge >= 0.3 is 0 Å². The van der Waals surface area contributed by atoms with Gasteiger partial charge in [0.25, 0.3) is 0 Å². The summed E-state index contributed by atoms with van der Waals surface area (Å²) in [6.45, 7) is 5.69. The zero-order valence-electron chi connectivity index (χ0n) is 10.1. The van der Waals surface area contributed by atoms with Crippen LogP contribution in [0.2, 0.25) is 0 Å². The molecular formula is C11H24N2O2. The molecule has 0 aromatic rings. The maximum absolute atomic E-state index is 11.8. The van der Waals surface area contributed by atoms with E-state index in [1.165, 1.54) is 0 Å². The number of hydrogen-bond acceptors (Lipinski definition) is 3. The van der Waals surface area contributed by atoms with Gasteiger partial charge in [0.15, 0.2) is 0 Å². The summed E-state index contributed by atoms with van der Waals surface area (Å²) in [4.78, 5) is 13.6. The first-order chi connectivity index (χ1) is 7.13. The van der Waals surface area contributed by atoms with Gasteiger partial charge in [-0.1, -0.05) is 0 Å². The second-order valence-electron chi connectivity index (χ2n) is 3.97. The predicted molar refractivity (Wildman–Crippen MR) is 61.7 cm³/mol. The SMILES string of the molecule is CNCCCC(=O)N(CCCO)C(C)C. The second kappa shape index (κ2) is 8.68. The van der Waals surface area contributed by atoms with E-state index in [1.807, 2.05) is 25.8 Å². The Hall–Kier alpha value is -0.610. The van der Waals surface area contributed by atoms with Crippen LogP contribution < -0.4 is 5.32 Å². The van der Waals surface area contributed by atoms with E-state index in [4.69, 9.17) is 5.11 Å². The van der Waals surface area contributed by atoms with Crippen LogP contribution in [0, 0.1) is 0 Å². The van der Waals surface area contributed by atoms with Crippen LogP contribution in [0.4, 0.5) is 0 Å². The van der Waals surface area contributed by atoms with Crippen molar-refractivity contribution in [3.63, 3.8) is 0 Å². The lowest BCUT2D eigenvalue weighted by molar-refractivity contribution is -0.133. The molecule has 1 amide bonds. The summed E-state index contributed by atoms with van der Waals surface area (Å²) in [6.07, 6.45) is 2.12. The fourth-order valence-corrected chi connectivity index (χ4v) is 1.47. The van der Waals surface area contributed by atoms with Gasteiger partial charge in [0.1, 0.15) is 0 Å². The lowest BCUT2D eigenvalue weighted by atomic mass is 10.2. The lowest BCUT2D eigenvalue weighted by Crippen LogP contribution is -2.38. The maximum atomic E-state index is 11.8. The summed E-state index contributed by atoms with van der Waals surface area (Å²) in [5.74, 6) is 0.189. The van der Waals surface area contributed by atoms with E-state index in [0.717, 1.165) is 13.0 Å². The molecule has 0 spiro atoms. The summed E-state index contributed by atoms with van der Waals surface area (Å²) < 4.78 is 0. The van der Waals surface area contributed by atoms with Crippen molar-refractivity contribution in [1.82, 2.24) is 10.2 Å². The minimum atomic E-state index is 0.146. The Bertz CT molecular complexity index is 172. The van der Waals surface area contributed by atoms with Gasteiger partial charge in [-0.25, -0.2) is 0 Å². The maximum Gasteiger partial charge on any atom is 0.222 e. The Morgan fingerprint density at radius 1 is 1.40 bits per heavy atom. The molecule has 0 aliphatic rings. The number of amides is 1. The molecule has 90 valence electrons. The molecule has 0 heterocycles. The van der Waals surface area contributed by atoms with Crippen molar-refractivity contribution in [3.05, 3.63) is 0 Å². The largest absolute Gasteiger partial charge is 0.396 e. The van der Waals surface area contributed by atoms with Crippen LogP contribution in [0.5, 0.6) is 0 Å². The highest BCUT2D eigenvalue weighted by Crippen LogP contribution is 2.04. The molecule has 0 rings (SSSR count). The van der Waals surface area contributed by atoms with Crippen molar-refractivity contribution in [3.8, 4) is 0 Å². The molecule has 4 nitrogen and oxygen atoms in total. The molecule has 0 radical (unpaired) electrons. The number of nitrogens with zero attached hydrogens (tertiary/aromatic N) is 1. The quantitative estimate of drug-likeness (QED) is 0.584. The van der Waals surface area contributed by atoms with Crippen LogP contribution in [0.25, 0.3) is 0 Å². The fourth-order valence-electron chi connectivity index (χ4n) is 1.47. The third-order valence-corrected chi connectivity index (χ3v) is 2.32. The van der Waals surface area contributed by atoms with Crippen LogP contribution in [-0.2, 0) is 4.79 Å². The molecule has 0 aromatic carbocycles. The molecule has 0 unspecified atom stereocenters. The standard InChI is InChI=1S/C11H24N2O2/c1-10(2)13(8-5-9-14)11(15)6-4-7-12-3/h10,12,14H,4-9H2,1-3H3.